The topological polar surface area (TPSA) is 88.8 Å². The van der Waals surface area contributed by atoms with Crippen LogP contribution in [0.25, 0.3) is 10.9 Å². The first-order valence-electron chi connectivity index (χ1n) is 9.42. The van der Waals surface area contributed by atoms with Gasteiger partial charge in [-0.05, 0) is 17.2 Å². The summed E-state index contributed by atoms with van der Waals surface area (Å²) < 4.78 is 6.30. The Labute approximate surface area is 181 Å². The Morgan fingerprint density at radius 3 is 2.50 bits per heavy atom. The van der Waals surface area contributed by atoms with Gasteiger partial charge in [0.2, 0.25) is 5.91 Å². The maximum atomic E-state index is 13.3. The Hall–Kier alpha value is -3.13. The Morgan fingerprint density at radius 1 is 1.13 bits per heavy atom. The summed E-state index contributed by atoms with van der Waals surface area (Å²) >= 11 is 3.46. The van der Waals surface area contributed by atoms with Crippen molar-refractivity contribution in [3.05, 3.63) is 71.9 Å². The third-order valence-electron chi connectivity index (χ3n) is 5.41. The predicted molar refractivity (Wildman–Crippen MR) is 114 cm³/mol. The van der Waals surface area contributed by atoms with Crippen LogP contribution in [0, 0.1) is 0 Å². The van der Waals surface area contributed by atoms with Crippen LogP contribution in [0.3, 0.4) is 0 Å². The predicted octanol–water partition coefficient (Wildman–Crippen LogP) is 4.75. The van der Waals surface area contributed by atoms with E-state index in [4.69, 9.17) is 4.74 Å². The van der Waals surface area contributed by atoms with E-state index < -0.39 is 34.9 Å². The molecule has 154 valence electrons. The summed E-state index contributed by atoms with van der Waals surface area (Å²) in [6.45, 7) is 1.92. The van der Waals surface area contributed by atoms with Gasteiger partial charge in [0.15, 0.2) is 0 Å². The molecule has 0 bridgehead atoms. The lowest BCUT2D eigenvalue weighted by Gasteiger charge is -2.25. The van der Waals surface area contributed by atoms with Crippen LogP contribution in [0.1, 0.15) is 30.0 Å². The molecule has 1 N–H and O–H groups in total. The lowest BCUT2D eigenvalue weighted by molar-refractivity contribution is -0.128. The fourth-order valence-corrected chi connectivity index (χ4v) is 4.32. The van der Waals surface area contributed by atoms with Gasteiger partial charge in [0.25, 0.3) is 0 Å². The molecule has 0 aliphatic carbocycles. The first-order valence-corrected chi connectivity index (χ1v) is 10.3. The Kier molecular flexibility index (Phi) is 5.34. The van der Waals surface area contributed by atoms with Gasteiger partial charge < -0.3 is 9.84 Å². The van der Waals surface area contributed by atoms with Crippen molar-refractivity contribution in [1.82, 2.24) is 9.47 Å². The number of carbonyl (C=O) groups is 3. The van der Waals surface area contributed by atoms with Gasteiger partial charge in [-0.3, -0.25) is 9.36 Å². The molecule has 1 fully saturated rings. The standard InChI is InChI=1S/C22H19BrN2O5/c1-13(16-11-24(21(27)28)17-10-6-5-9-15(16)17)19(23)20(26)25-18(12-30-22(25)29)14-7-3-2-4-8-14/h2-11,13,18-19H,12H2,1H3,(H,27,28)/t13?,18-,19?/m0/s1. The molecule has 0 saturated carbocycles. The maximum absolute atomic E-state index is 13.3. The zero-order valence-electron chi connectivity index (χ0n) is 16.1. The summed E-state index contributed by atoms with van der Waals surface area (Å²) in [5.41, 5.74) is 2.06. The number of amides is 2. The number of aromatic nitrogens is 1. The number of benzene rings is 2. The smallest absolute Gasteiger partial charge is 0.417 e. The van der Waals surface area contributed by atoms with Crippen molar-refractivity contribution in [2.75, 3.05) is 6.61 Å². The minimum absolute atomic E-state index is 0.0982. The minimum atomic E-state index is -1.10. The fourth-order valence-electron chi connectivity index (χ4n) is 3.82. The van der Waals surface area contributed by atoms with E-state index in [-0.39, 0.29) is 6.61 Å². The molecule has 2 unspecified atom stereocenters. The van der Waals surface area contributed by atoms with E-state index in [0.29, 0.717) is 11.1 Å². The van der Waals surface area contributed by atoms with Crippen molar-refractivity contribution in [3.63, 3.8) is 0 Å². The third-order valence-corrected chi connectivity index (χ3v) is 6.59. The average molecular weight is 471 g/mol. The number of fused-ring (bicyclic) bond motifs is 1. The van der Waals surface area contributed by atoms with Gasteiger partial charge in [0, 0.05) is 17.5 Å². The normalized spacial score (nSPS) is 18.3. The van der Waals surface area contributed by atoms with Crippen LogP contribution in [0.5, 0.6) is 0 Å². The van der Waals surface area contributed by atoms with Gasteiger partial charge in [-0.25, -0.2) is 14.5 Å². The molecule has 2 heterocycles. The molecule has 1 saturated heterocycles. The Morgan fingerprint density at radius 2 is 1.80 bits per heavy atom. The number of alkyl halides is 1. The molecule has 1 aliphatic rings. The first-order chi connectivity index (χ1) is 14.4. The number of hydrogen-bond acceptors (Lipinski definition) is 4. The number of nitrogens with zero attached hydrogens (tertiary/aromatic N) is 2. The average Bonchev–Trinajstić information content (AvgIpc) is 3.34. The first kappa shape index (κ1) is 20.2. The molecule has 2 aromatic carbocycles. The Balaban J connectivity index is 1.66. The Bertz CT molecular complexity index is 1130. The second kappa shape index (κ2) is 7.95. The number of hydrogen-bond donors (Lipinski definition) is 1. The summed E-state index contributed by atoms with van der Waals surface area (Å²) in [5, 5.41) is 10.3. The van der Waals surface area contributed by atoms with E-state index in [0.717, 1.165) is 20.4 Å². The summed E-state index contributed by atoms with van der Waals surface area (Å²) in [7, 11) is 0. The number of rotatable bonds is 4. The molecule has 2 amide bonds. The van der Waals surface area contributed by atoms with Crippen molar-refractivity contribution >= 4 is 44.9 Å². The van der Waals surface area contributed by atoms with E-state index in [2.05, 4.69) is 15.9 Å². The zero-order valence-corrected chi connectivity index (χ0v) is 17.7. The monoisotopic (exact) mass is 470 g/mol. The SMILES string of the molecule is CC(c1cn(C(=O)O)c2ccccc12)C(Br)C(=O)N1C(=O)OC[C@H]1c1ccccc1. The van der Waals surface area contributed by atoms with E-state index in [9.17, 15) is 19.5 Å². The summed E-state index contributed by atoms with van der Waals surface area (Å²) in [5.74, 6) is -0.821. The summed E-state index contributed by atoms with van der Waals surface area (Å²) in [6, 6.07) is 15.9. The molecule has 0 radical (unpaired) electrons. The van der Waals surface area contributed by atoms with Crippen molar-refractivity contribution < 1.29 is 24.2 Å². The molecule has 7 nitrogen and oxygen atoms in total. The van der Waals surface area contributed by atoms with Crippen LogP contribution >= 0.6 is 15.9 Å². The van der Waals surface area contributed by atoms with Crippen molar-refractivity contribution in [1.29, 1.82) is 0 Å². The van der Waals surface area contributed by atoms with E-state index in [1.807, 2.05) is 49.4 Å². The van der Waals surface area contributed by atoms with Crippen LogP contribution in [-0.4, -0.2) is 44.1 Å². The molecule has 3 aromatic rings. The van der Waals surface area contributed by atoms with Gasteiger partial charge in [-0.2, -0.15) is 0 Å². The summed E-state index contributed by atoms with van der Waals surface area (Å²) in [4.78, 5) is 37.6. The van der Waals surface area contributed by atoms with Crippen LogP contribution in [0.4, 0.5) is 9.59 Å². The minimum Gasteiger partial charge on any atom is -0.464 e. The van der Waals surface area contributed by atoms with Crippen molar-refractivity contribution in [2.24, 2.45) is 0 Å². The van der Waals surface area contributed by atoms with Crippen molar-refractivity contribution in [3.8, 4) is 0 Å². The lowest BCUT2D eigenvalue weighted by atomic mass is 9.96. The number of para-hydroxylation sites is 1. The number of ether oxygens (including phenoxy) is 1. The third kappa shape index (κ3) is 3.37. The van der Waals surface area contributed by atoms with Gasteiger partial charge in [-0.15, -0.1) is 0 Å². The van der Waals surface area contributed by atoms with Crippen molar-refractivity contribution in [2.45, 2.75) is 23.7 Å². The maximum Gasteiger partial charge on any atom is 0.417 e. The number of cyclic esters (lactones) is 1. The number of imide groups is 1. The molecular weight excluding hydrogens is 452 g/mol. The largest absolute Gasteiger partial charge is 0.464 e. The van der Waals surface area contributed by atoms with Gasteiger partial charge in [-0.1, -0.05) is 71.4 Å². The quantitative estimate of drug-likeness (QED) is 0.555. The van der Waals surface area contributed by atoms with Crippen LogP contribution in [0.15, 0.2) is 60.8 Å². The van der Waals surface area contributed by atoms with Crippen LogP contribution in [-0.2, 0) is 9.53 Å². The molecule has 1 aliphatic heterocycles. The molecule has 3 atom stereocenters. The fraction of sp³-hybridized carbons (Fsp3) is 0.227. The van der Waals surface area contributed by atoms with Gasteiger partial charge >= 0.3 is 12.2 Å². The number of carboxylic acid groups (broad SMARTS) is 1. The highest BCUT2D eigenvalue weighted by molar-refractivity contribution is 9.10. The van der Waals surface area contributed by atoms with E-state index in [1.165, 1.54) is 6.20 Å². The summed E-state index contributed by atoms with van der Waals surface area (Å²) in [6.07, 6.45) is -0.260. The molecule has 4 rings (SSSR count). The highest BCUT2D eigenvalue weighted by Gasteiger charge is 2.42. The molecule has 0 spiro atoms. The van der Waals surface area contributed by atoms with Crippen LogP contribution < -0.4 is 0 Å². The second-order valence-electron chi connectivity index (χ2n) is 7.16. The second-order valence-corrected chi connectivity index (χ2v) is 8.14. The van der Waals surface area contributed by atoms with Crippen LogP contribution in [0.2, 0.25) is 0 Å². The number of carbonyl (C=O) groups excluding carboxylic acids is 2. The zero-order chi connectivity index (χ0) is 21.4. The molecule has 1 aromatic heterocycles. The van der Waals surface area contributed by atoms with E-state index >= 15 is 0 Å². The molecular formula is C22H19BrN2O5. The van der Waals surface area contributed by atoms with Gasteiger partial charge in [0.05, 0.1) is 5.52 Å². The number of halogens is 1. The highest BCUT2D eigenvalue weighted by atomic mass is 79.9. The molecule has 8 heteroatoms. The lowest BCUT2D eigenvalue weighted by Crippen LogP contribution is -2.40. The van der Waals surface area contributed by atoms with E-state index in [1.54, 1.807) is 12.1 Å². The molecule has 30 heavy (non-hydrogen) atoms. The highest BCUT2D eigenvalue weighted by Crippen LogP contribution is 2.36. The van der Waals surface area contributed by atoms with Gasteiger partial charge in [0.1, 0.15) is 17.5 Å².